The second kappa shape index (κ2) is 12.5. The lowest BCUT2D eigenvalue weighted by atomic mass is 9.81. The number of hydrogen-bond acceptors (Lipinski definition) is 0. The lowest BCUT2D eigenvalue weighted by Crippen LogP contribution is -2.13. The van der Waals surface area contributed by atoms with Crippen LogP contribution in [0.3, 0.4) is 0 Å². The minimum atomic E-state index is 1.01. The van der Waals surface area contributed by atoms with Crippen molar-refractivity contribution in [2.75, 3.05) is 0 Å². The molecule has 0 aromatic rings. The van der Waals surface area contributed by atoms with Crippen LogP contribution >= 0.6 is 0 Å². The van der Waals surface area contributed by atoms with Crippen LogP contribution in [-0.4, -0.2) is 0 Å². The van der Waals surface area contributed by atoms with E-state index in [0.717, 1.165) is 11.8 Å². The van der Waals surface area contributed by atoms with Crippen molar-refractivity contribution in [2.45, 2.75) is 98.3 Å². The molecule has 0 N–H and O–H groups in total. The van der Waals surface area contributed by atoms with Crippen molar-refractivity contribution in [3.63, 3.8) is 0 Å². The van der Waals surface area contributed by atoms with Gasteiger partial charge in [0.15, 0.2) is 0 Å². The Bertz CT molecular complexity index is 139. The molecular formula is C17H36. The van der Waals surface area contributed by atoms with Crippen LogP contribution in [0.25, 0.3) is 0 Å². The van der Waals surface area contributed by atoms with E-state index in [4.69, 9.17) is 0 Å². The van der Waals surface area contributed by atoms with Gasteiger partial charge in [-0.05, 0) is 11.8 Å². The third-order valence-electron chi connectivity index (χ3n) is 4.32. The summed E-state index contributed by atoms with van der Waals surface area (Å²) in [4.78, 5) is 0. The summed E-state index contributed by atoms with van der Waals surface area (Å²) in [7, 11) is 0. The van der Waals surface area contributed by atoms with Gasteiger partial charge in [-0.15, -0.1) is 0 Å². The highest BCUT2D eigenvalue weighted by molar-refractivity contribution is 4.68. The Balaban J connectivity index is 3.83. The van der Waals surface area contributed by atoms with Crippen molar-refractivity contribution in [3.05, 3.63) is 0 Å². The van der Waals surface area contributed by atoms with Gasteiger partial charge in [-0.3, -0.25) is 0 Å². The van der Waals surface area contributed by atoms with Crippen molar-refractivity contribution in [3.8, 4) is 0 Å². The molecule has 17 heavy (non-hydrogen) atoms. The van der Waals surface area contributed by atoms with Gasteiger partial charge in [0.2, 0.25) is 0 Å². The van der Waals surface area contributed by atoms with Crippen molar-refractivity contribution in [1.82, 2.24) is 0 Å². The van der Waals surface area contributed by atoms with Gasteiger partial charge < -0.3 is 0 Å². The van der Waals surface area contributed by atoms with Crippen molar-refractivity contribution in [2.24, 2.45) is 11.8 Å². The molecule has 0 rings (SSSR count). The molecule has 0 saturated heterocycles. The standard InChI is InChI=1S/C17H36/c1-5-9-11-13-15-17(8-4)16(7-3)14-12-10-6-2/h16-17H,5-15H2,1-4H3. The van der Waals surface area contributed by atoms with Crippen LogP contribution in [-0.2, 0) is 0 Å². The highest BCUT2D eigenvalue weighted by Crippen LogP contribution is 2.29. The van der Waals surface area contributed by atoms with Crippen LogP contribution in [0.5, 0.6) is 0 Å². The second-order valence-electron chi connectivity index (χ2n) is 5.68. The molecule has 0 bridgehead atoms. The minimum absolute atomic E-state index is 1.01. The Morgan fingerprint density at radius 1 is 0.529 bits per heavy atom. The first-order valence-electron chi connectivity index (χ1n) is 8.29. The summed E-state index contributed by atoms with van der Waals surface area (Å²) in [6.45, 7) is 9.40. The zero-order chi connectivity index (χ0) is 12.9. The third-order valence-corrected chi connectivity index (χ3v) is 4.32. The van der Waals surface area contributed by atoms with Gasteiger partial charge in [-0.1, -0.05) is 98.3 Å². The van der Waals surface area contributed by atoms with Crippen LogP contribution in [0, 0.1) is 11.8 Å². The van der Waals surface area contributed by atoms with Gasteiger partial charge in [0.25, 0.3) is 0 Å². The Morgan fingerprint density at radius 2 is 0.941 bits per heavy atom. The quantitative estimate of drug-likeness (QED) is 0.338. The Hall–Kier alpha value is 0. The summed E-state index contributed by atoms with van der Waals surface area (Å²) in [5, 5.41) is 0. The normalized spacial score (nSPS) is 14.8. The van der Waals surface area contributed by atoms with E-state index in [0.29, 0.717) is 0 Å². The van der Waals surface area contributed by atoms with E-state index < -0.39 is 0 Å². The molecule has 0 aromatic heterocycles. The fraction of sp³-hybridized carbons (Fsp3) is 1.00. The molecular weight excluding hydrogens is 204 g/mol. The first-order valence-corrected chi connectivity index (χ1v) is 8.29. The largest absolute Gasteiger partial charge is 0.0654 e. The molecule has 104 valence electrons. The zero-order valence-corrected chi connectivity index (χ0v) is 12.9. The van der Waals surface area contributed by atoms with Crippen molar-refractivity contribution >= 4 is 0 Å². The van der Waals surface area contributed by atoms with E-state index in [1.807, 2.05) is 0 Å². The molecule has 0 aromatic carbocycles. The van der Waals surface area contributed by atoms with E-state index >= 15 is 0 Å². The first-order chi connectivity index (χ1) is 8.29. The average molecular weight is 240 g/mol. The van der Waals surface area contributed by atoms with E-state index in [-0.39, 0.29) is 0 Å². The Morgan fingerprint density at radius 3 is 1.35 bits per heavy atom. The van der Waals surface area contributed by atoms with E-state index in [1.54, 1.807) is 0 Å². The smallest absolute Gasteiger partial charge is 0.0389 e. The lowest BCUT2D eigenvalue weighted by molar-refractivity contribution is 0.264. The number of unbranched alkanes of at least 4 members (excludes halogenated alkanes) is 5. The third kappa shape index (κ3) is 8.69. The topological polar surface area (TPSA) is 0 Å². The van der Waals surface area contributed by atoms with Crippen LogP contribution in [0.1, 0.15) is 98.3 Å². The molecule has 2 unspecified atom stereocenters. The second-order valence-corrected chi connectivity index (χ2v) is 5.68. The fourth-order valence-electron chi connectivity index (χ4n) is 3.04. The van der Waals surface area contributed by atoms with Crippen LogP contribution in [0.4, 0.5) is 0 Å². The van der Waals surface area contributed by atoms with Gasteiger partial charge in [0.1, 0.15) is 0 Å². The van der Waals surface area contributed by atoms with Gasteiger partial charge >= 0.3 is 0 Å². The molecule has 0 fully saturated rings. The van der Waals surface area contributed by atoms with Crippen molar-refractivity contribution in [1.29, 1.82) is 0 Å². The van der Waals surface area contributed by atoms with Gasteiger partial charge in [-0.2, -0.15) is 0 Å². The summed E-state index contributed by atoms with van der Waals surface area (Å²) in [5.41, 5.74) is 0. The Kier molecular flexibility index (Phi) is 12.5. The summed E-state index contributed by atoms with van der Waals surface area (Å²) in [6.07, 6.45) is 15.8. The van der Waals surface area contributed by atoms with Gasteiger partial charge in [0.05, 0.1) is 0 Å². The van der Waals surface area contributed by atoms with Crippen LogP contribution < -0.4 is 0 Å². The van der Waals surface area contributed by atoms with E-state index in [1.165, 1.54) is 70.6 Å². The average Bonchev–Trinajstić information content (AvgIpc) is 2.36. The van der Waals surface area contributed by atoms with Crippen molar-refractivity contribution < 1.29 is 0 Å². The van der Waals surface area contributed by atoms with Crippen LogP contribution in [0.15, 0.2) is 0 Å². The first kappa shape index (κ1) is 17.0. The summed E-state index contributed by atoms with van der Waals surface area (Å²) >= 11 is 0. The molecule has 2 atom stereocenters. The maximum absolute atomic E-state index is 2.40. The summed E-state index contributed by atoms with van der Waals surface area (Å²) in [6, 6.07) is 0. The number of rotatable bonds is 12. The predicted octanol–water partition coefficient (Wildman–Crippen LogP) is 6.59. The van der Waals surface area contributed by atoms with Crippen LogP contribution in [0.2, 0.25) is 0 Å². The highest BCUT2D eigenvalue weighted by Gasteiger charge is 2.17. The summed E-state index contributed by atoms with van der Waals surface area (Å²) < 4.78 is 0. The van der Waals surface area contributed by atoms with Gasteiger partial charge in [0, 0.05) is 0 Å². The van der Waals surface area contributed by atoms with E-state index in [9.17, 15) is 0 Å². The predicted molar refractivity (Wildman–Crippen MR) is 80.5 cm³/mol. The molecule has 0 amide bonds. The van der Waals surface area contributed by atoms with Gasteiger partial charge in [-0.25, -0.2) is 0 Å². The molecule has 0 aliphatic rings. The minimum Gasteiger partial charge on any atom is -0.0654 e. The summed E-state index contributed by atoms with van der Waals surface area (Å²) in [5.74, 6) is 2.02. The molecule has 0 nitrogen and oxygen atoms in total. The SMILES string of the molecule is CCCCCCC(CC)C(CC)CCCCC. The maximum atomic E-state index is 2.40. The maximum Gasteiger partial charge on any atom is -0.0389 e. The zero-order valence-electron chi connectivity index (χ0n) is 12.9. The molecule has 0 heteroatoms. The fourth-order valence-corrected chi connectivity index (χ4v) is 3.04. The molecule has 0 aliphatic heterocycles. The van der Waals surface area contributed by atoms with E-state index in [2.05, 4.69) is 27.7 Å². The monoisotopic (exact) mass is 240 g/mol. The molecule has 0 aliphatic carbocycles. The molecule has 0 spiro atoms. The highest BCUT2D eigenvalue weighted by atomic mass is 14.2. The molecule has 0 heterocycles. The molecule has 0 radical (unpaired) electrons. The lowest BCUT2D eigenvalue weighted by Gasteiger charge is -2.25. The Labute approximate surface area is 111 Å². The molecule has 0 saturated carbocycles. The number of hydrogen-bond donors (Lipinski definition) is 0.